The van der Waals surface area contributed by atoms with Crippen molar-refractivity contribution in [2.75, 3.05) is 66.0 Å². The summed E-state index contributed by atoms with van der Waals surface area (Å²) in [6, 6.07) is 28.3. The third kappa shape index (κ3) is 8.96. The first-order chi connectivity index (χ1) is 20.0. The highest BCUT2D eigenvalue weighted by atomic mass is 16.3. The van der Waals surface area contributed by atoms with Gasteiger partial charge in [-0.1, -0.05) is 72.8 Å². The summed E-state index contributed by atoms with van der Waals surface area (Å²) in [5.41, 5.74) is 4.29. The van der Waals surface area contributed by atoms with Crippen LogP contribution in [-0.2, 0) is 19.5 Å². The Morgan fingerprint density at radius 2 is 1.17 bits per heavy atom. The first-order valence-corrected chi connectivity index (χ1v) is 15.0. The fourth-order valence-electron chi connectivity index (χ4n) is 5.79. The summed E-state index contributed by atoms with van der Waals surface area (Å²) in [5, 5.41) is 14.6. The van der Waals surface area contributed by atoms with Crippen molar-refractivity contribution in [2.45, 2.75) is 31.7 Å². The average molecular weight is 556 g/mol. The minimum atomic E-state index is -0.670. The van der Waals surface area contributed by atoms with Gasteiger partial charge in [-0.25, -0.2) is 0 Å². The number of aliphatic hydroxyl groups is 1. The largest absolute Gasteiger partial charge is 0.390 e. The van der Waals surface area contributed by atoms with Crippen molar-refractivity contribution in [1.82, 2.24) is 24.9 Å². The first-order valence-electron chi connectivity index (χ1n) is 15.0. The number of β-amino-alcohol motifs (C(OH)–C–C–N with tert-alkyl or cyclic N) is 1. The molecule has 7 nitrogen and oxygen atoms in total. The second-order valence-electron chi connectivity index (χ2n) is 11.7. The van der Waals surface area contributed by atoms with Crippen LogP contribution >= 0.6 is 0 Å². The normalized spacial score (nSPS) is 19.1. The highest BCUT2D eigenvalue weighted by molar-refractivity contribution is 5.94. The van der Waals surface area contributed by atoms with Gasteiger partial charge in [0.15, 0.2) is 0 Å². The predicted molar refractivity (Wildman–Crippen MR) is 165 cm³/mol. The standard InChI is InChI=1S/C34H45N5O2/c1-36-16-18-37(19-17-36)26-30-12-14-31(15-13-30)34(41)35-32(24-28-8-4-2-5-9-28)33(40)27-39-22-20-38(21-23-39)25-29-10-6-3-7-11-29/h2-15,32-33,40H,16-27H2,1H3,(H,35,41)/t32-,33-/m0/s1. The van der Waals surface area contributed by atoms with Crippen LogP contribution in [0.15, 0.2) is 84.9 Å². The maximum Gasteiger partial charge on any atom is 0.251 e. The molecule has 0 unspecified atom stereocenters. The van der Waals surface area contributed by atoms with Gasteiger partial charge < -0.3 is 15.3 Å². The van der Waals surface area contributed by atoms with Crippen molar-refractivity contribution in [2.24, 2.45) is 0 Å². The lowest BCUT2D eigenvalue weighted by atomic mass is 9.99. The molecule has 0 spiro atoms. The quantitative estimate of drug-likeness (QED) is 0.380. The molecular weight excluding hydrogens is 510 g/mol. The fourth-order valence-corrected chi connectivity index (χ4v) is 5.79. The number of nitrogens with one attached hydrogen (secondary N) is 1. The lowest BCUT2D eigenvalue weighted by Gasteiger charge is -2.37. The van der Waals surface area contributed by atoms with Crippen molar-refractivity contribution in [3.05, 3.63) is 107 Å². The zero-order valence-electron chi connectivity index (χ0n) is 24.4. The number of benzene rings is 3. The number of aliphatic hydroxyl groups excluding tert-OH is 1. The van der Waals surface area contributed by atoms with Crippen LogP contribution in [-0.4, -0.2) is 109 Å². The van der Waals surface area contributed by atoms with Crippen molar-refractivity contribution in [3.8, 4) is 0 Å². The molecule has 2 N–H and O–H groups in total. The number of amides is 1. The van der Waals surface area contributed by atoms with E-state index in [2.05, 4.69) is 86.6 Å². The van der Waals surface area contributed by atoms with Gasteiger partial charge in [0, 0.05) is 77.6 Å². The number of carbonyl (C=O) groups excluding carboxylic acids is 1. The van der Waals surface area contributed by atoms with Gasteiger partial charge in [0.05, 0.1) is 12.1 Å². The molecular formula is C34H45N5O2. The van der Waals surface area contributed by atoms with E-state index in [0.29, 0.717) is 18.5 Å². The minimum Gasteiger partial charge on any atom is -0.390 e. The highest BCUT2D eigenvalue weighted by Gasteiger charge is 2.26. The molecule has 0 saturated carbocycles. The third-order valence-electron chi connectivity index (χ3n) is 8.46. The second kappa shape index (κ2) is 14.7. The Balaban J connectivity index is 1.16. The molecule has 3 aromatic carbocycles. The summed E-state index contributed by atoms with van der Waals surface area (Å²) in [6.07, 6.45) is -0.0835. The van der Waals surface area contributed by atoms with Crippen molar-refractivity contribution >= 4 is 5.91 Å². The molecule has 2 heterocycles. The van der Waals surface area contributed by atoms with Crippen molar-refractivity contribution < 1.29 is 9.90 Å². The maximum absolute atomic E-state index is 13.3. The molecule has 218 valence electrons. The van der Waals surface area contributed by atoms with E-state index in [4.69, 9.17) is 0 Å². The Morgan fingerprint density at radius 1 is 0.683 bits per heavy atom. The van der Waals surface area contributed by atoms with Gasteiger partial charge in [-0.05, 0) is 42.3 Å². The Morgan fingerprint density at radius 3 is 1.76 bits per heavy atom. The first kappa shape index (κ1) is 29.4. The number of nitrogens with zero attached hydrogens (tertiary/aromatic N) is 4. The lowest BCUT2D eigenvalue weighted by molar-refractivity contribution is 0.0478. The van der Waals surface area contributed by atoms with Gasteiger partial charge in [0.1, 0.15) is 0 Å². The zero-order valence-corrected chi connectivity index (χ0v) is 24.4. The molecule has 2 atom stereocenters. The SMILES string of the molecule is CN1CCN(Cc2ccc(C(=O)N[C@@H](Cc3ccccc3)[C@@H](O)CN3CCN(Cc4ccccc4)CC3)cc2)CC1. The van der Waals surface area contributed by atoms with Gasteiger partial charge in [-0.2, -0.15) is 0 Å². The third-order valence-corrected chi connectivity index (χ3v) is 8.46. The minimum absolute atomic E-state index is 0.135. The summed E-state index contributed by atoms with van der Waals surface area (Å²) in [4.78, 5) is 22.9. The zero-order chi connectivity index (χ0) is 28.4. The van der Waals surface area contributed by atoms with Crippen LogP contribution in [0.5, 0.6) is 0 Å². The van der Waals surface area contributed by atoms with Crippen molar-refractivity contribution in [3.63, 3.8) is 0 Å². The number of piperazine rings is 2. The van der Waals surface area contributed by atoms with E-state index in [-0.39, 0.29) is 11.9 Å². The molecule has 0 radical (unpaired) electrons. The Bertz CT molecular complexity index is 1190. The maximum atomic E-state index is 13.3. The summed E-state index contributed by atoms with van der Waals surface area (Å²) >= 11 is 0. The van der Waals surface area contributed by atoms with Crippen LogP contribution in [0.4, 0.5) is 0 Å². The van der Waals surface area contributed by atoms with Crippen LogP contribution < -0.4 is 5.32 Å². The van der Waals surface area contributed by atoms with Gasteiger partial charge >= 0.3 is 0 Å². The molecule has 1 amide bonds. The molecule has 0 aromatic heterocycles. The van der Waals surface area contributed by atoms with Crippen molar-refractivity contribution in [1.29, 1.82) is 0 Å². The van der Waals surface area contributed by atoms with E-state index in [1.165, 1.54) is 11.1 Å². The number of rotatable bonds is 11. The molecule has 0 aliphatic carbocycles. The fraction of sp³-hybridized carbons (Fsp3) is 0.441. The van der Waals surface area contributed by atoms with Crippen LogP contribution in [0, 0.1) is 0 Å². The summed E-state index contributed by atoms with van der Waals surface area (Å²) < 4.78 is 0. The van der Waals surface area contributed by atoms with Crippen LogP contribution in [0.3, 0.4) is 0 Å². The van der Waals surface area contributed by atoms with Gasteiger partial charge in [-0.15, -0.1) is 0 Å². The van der Waals surface area contributed by atoms with E-state index >= 15 is 0 Å². The van der Waals surface area contributed by atoms with Crippen LogP contribution in [0.1, 0.15) is 27.0 Å². The Labute approximate surface area is 245 Å². The Kier molecular flexibility index (Phi) is 10.6. The van der Waals surface area contributed by atoms with Gasteiger partial charge in [-0.3, -0.25) is 19.5 Å². The van der Waals surface area contributed by atoms with Gasteiger partial charge in [0.2, 0.25) is 0 Å². The number of carbonyl (C=O) groups is 1. The topological polar surface area (TPSA) is 62.3 Å². The van der Waals surface area contributed by atoms with E-state index < -0.39 is 6.10 Å². The predicted octanol–water partition coefficient (Wildman–Crippen LogP) is 2.95. The smallest absolute Gasteiger partial charge is 0.251 e. The monoisotopic (exact) mass is 555 g/mol. The number of hydrogen-bond donors (Lipinski definition) is 2. The molecule has 7 heteroatoms. The van der Waals surface area contributed by atoms with Crippen LogP contribution in [0.25, 0.3) is 0 Å². The number of likely N-dealkylation sites (N-methyl/N-ethyl adjacent to an activating group) is 1. The number of hydrogen-bond acceptors (Lipinski definition) is 6. The van der Waals surface area contributed by atoms with E-state index in [0.717, 1.165) is 71.0 Å². The molecule has 2 saturated heterocycles. The average Bonchev–Trinajstić information content (AvgIpc) is 3.00. The van der Waals surface area contributed by atoms with E-state index in [1.54, 1.807) is 0 Å². The highest BCUT2D eigenvalue weighted by Crippen LogP contribution is 2.14. The summed E-state index contributed by atoms with van der Waals surface area (Å²) in [7, 11) is 2.17. The van der Waals surface area contributed by atoms with E-state index in [1.807, 2.05) is 30.3 Å². The summed E-state index contributed by atoms with van der Waals surface area (Å²) in [6.45, 7) is 10.5. The van der Waals surface area contributed by atoms with Gasteiger partial charge in [0.25, 0.3) is 5.91 Å². The Hall–Kier alpha value is -3.07. The molecule has 41 heavy (non-hydrogen) atoms. The van der Waals surface area contributed by atoms with Crippen LogP contribution in [0.2, 0.25) is 0 Å². The summed E-state index contributed by atoms with van der Waals surface area (Å²) in [5.74, 6) is -0.135. The second-order valence-corrected chi connectivity index (χ2v) is 11.7. The molecule has 5 rings (SSSR count). The molecule has 3 aromatic rings. The van der Waals surface area contributed by atoms with E-state index in [9.17, 15) is 9.90 Å². The molecule has 2 fully saturated rings. The molecule has 0 bridgehead atoms. The molecule has 2 aliphatic heterocycles. The molecule has 2 aliphatic rings. The lowest BCUT2D eigenvalue weighted by Crippen LogP contribution is -2.53.